The van der Waals surface area contributed by atoms with E-state index in [-0.39, 0.29) is 12.3 Å². The Kier molecular flexibility index (Phi) is 2.60. The molecule has 1 saturated heterocycles. The van der Waals surface area contributed by atoms with Crippen molar-refractivity contribution in [2.75, 3.05) is 11.4 Å². The predicted octanol–water partition coefficient (Wildman–Crippen LogP) is 2.01. The fourth-order valence-corrected chi connectivity index (χ4v) is 3.52. The van der Waals surface area contributed by atoms with Crippen LogP contribution in [0.3, 0.4) is 0 Å². The standard InChI is InChI=1S/C13H14N2O2S/c1-7-3-8(2)12-10(4-7)18-13(14-12)15-6-9(16)5-11(15)17/h3-4,9,16H,5-6H2,1-2H3. The maximum atomic E-state index is 11.7. The molecule has 4 nitrogen and oxygen atoms in total. The number of β-amino-alcohol motifs (C(OH)–C–C–N with tert-alkyl or cyclic N) is 1. The van der Waals surface area contributed by atoms with Crippen molar-refractivity contribution in [3.05, 3.63) is 23.3 Å². The summed E-state index contributed by atoms with van der Waals surface area (Å²) < 4.78 is 1.09. The van der Waals surface area contributed by atoms with Crippen molar-refractivity contribution in [2.24, 2.45) is 0 Å². The highest BCUT2D eigenvalue weighted by Gasteiger charge is 2.31. The summed E-state index contributed by atoms with van der Waals surface area (Å²) in [5.74, 6) is -0.0454. The zero-order valence-corrected chi connectivity index (χ0v) is 11.1. The summed E-state index contributed by atoms with van der Waals surface area (Å²) >= 11 is 1.51. The Hall–Kier alpha value is -1.46. The molecule has 1 aliphatic heterocycles. The van der Waals surface area contributed by atoms with Crippen LogP contribution in [0, 0.1) is 13.8 Å². The second-order valence-corrected chi connectivity index (χ2v) is 5.80. The lowest BCUT2D eigenvalue weighted by atomic mass is 10.1. The van der Waals surface area contributed by atoms with Gasteiger partial charge in [0, 0.05) is 0 Å². The van der Waals surface area contributed by atoms with Gasteiger partial charge in [-0.3, -0.25) is 9.69 Å². The summed E-state index contributed by atoms with van der Waals surface area (Å²) in [6, 6.07) is 4.17. The van der Waals surface area contributed by atoms with E-state index < -0.39 is 6.10 Å². The fourth-order valence-electron chi connectivity index (χ4n) is 2.35. The minimum Gasteiger partial charge on any atom is -0.391 e. The first kappa shape index (κ1) is 11.6. The number of carbonyl (C=O) groups excluding carboxylic acids is 1. The van der Waals surface area contributed by atoms with Crippen LogP contribution in [-0.4, -0.2) is 28.6 Å². The number of amides is 1. The Labute approximate surface area is 109 Å². The number of benzene rings is 1. The van der Waals surface area contributed by atoms with E-state index in [1.165, 1.54) is 16.9 Å². The van der Waals surface area contributed by atoms with Gasteiger partial charge in [0.15, 0.2) is 5.13 Å². The molecule has 1 aromatic carbocycles. The first-order chi connectivity index (χ1) is 8.54. The van der Waals surface area contributed by atoms with Crippen LogP contribution in [0.2, 0.25) is 0 Å². The van der Waals surface area contributed by atoms with Gasteiger partial charge in [-0.15, -0.1) is 0 Å². The summed E-state index contributed by atoms with van der Waals surface area (Å²) in [5.41, 5.74) is 3.28. The number of hydrogen-bond donors (Lipinski definition) is 1. The van der Waals surface area contributed by atoms with Gasteiger partial charge < -0.3 is 5.11 Å². The molecule has 0 aliphatic carbocycles. The molecular formula is C13H14N2O2S. The molecule has 1 aliphatic rings. The lowest BCUT2D eigenvalue weighted by Crippen LogP contribution is -2.24. The van der Waals surface area contributed by atoms with E-state index >= 15 is 0 Å². The smallest absolute Gasteiger partial charge is 0.231 e. The van der Waals surface area contributed by atoms with Crippen LogP contribution < -0.4 is 4.90 Å². The quantitative estimate of drug-likeness (QED) is 0.855. The Morgan fingerprint density at radius 3 is 2.89 bits per heavy atom. The summed E-state index contributed by atoms with van der Waals surface area (Å²) in [5, 5.41) is 10.2. The van der Waals surface area contributed by atoms with Crippen LogP contribution in [0.1, 0.15) is 17.5 Å². The zero-order chi connectivity index (χ0) is 12.9. The highest BCUT2D eigenvalue weighted by Crippen LogP contribution is 2.33. The summed E-state index contributed by atoms with van der Waals surface area (Å²) in [7, 11) is 0. The van der Waals surface area contributed by atoms with Crippen LogP contribution in [0.4, 0.5) is 5.13 Å². The van der Waals surface area contributed by atoms with Gasteiger partial charge in [0.05, 0.1) is 29.3 Å². The van der Waals surface area contributed by atoms with Crippen molar-refractivity contribution in [3.63, 3.8) is 0 Å². The lowest BCUT2D eigenvalue weighted by Gasteiger charge is -2.10. The number of anilines is 1. The van der Waals surface area contributed by atoms with Gasteiger partial charge >= 0.3 is 0 Å². The second-order valence-electron chi connectivity index (χ2n) is 4.79. The van der Waals surface area contributed by atoms with E-state index in [4.69, 9.17) is 0 Å². The zero-order valence-electron chi connectivity index (χ0n) is 10.3. The minimum absolute atomic E-state index is 0.0454. The maximum Gasteiger partial charge on any atom is 0.231 e. The van der Waals surface area contributed by atoms with Gasteiger partial charge in [0.1, 0.15) is 0 Å². The van der Waals surface area contributed by atoms with Crippen molar-refractivity contribution >= 4 is 32.6 Å². The first-order valence-corrected chi connectivity index (χ1v) is 6.72. The summed E-state index contributed by atoms with van der Waals surface area (Å²) in [6.45, 7) is 4.44. The number of rotatable bonds is 1. The second kappa shape index (κ2) is 4.03. The third kappa shape index (κ3) is 1.79. The molecular weight excluding hydrogens is 248 g/mol. The number of nitrogens with zero attached hydrogens (tertiary/aromatic N) is 2. The number of aliphatic hydroxyl groups excluding tert-OH is 1. The van der Waals surface area contributed by atoms with Gasteiger partial charge in [0.25, 0.3) is 0 Å². The Balaban J connectivity index is 2.09. The molecule has 5 heteroatoms. The molecule has 1 aromatic heterocycles. The Bertz CT molecular complexity index is 635. The lowest BCUT2D eigenvalue weighted by molar-refractivity contribution is -0.117. The van der Waals surface area contributed by atoms with E-state index in [0.717, 1.165) is 15.8 Å². The molecule has 1 unspecified atom stereocenters. The highest BCUT2D eigenvalue weighted by molar-refractivity contribution is 7.22. The predicted molar refractivity (Wildman–Crippen MR) is 72.1 cm³/mol. The number of aliphatic hydroxyl groups is 1. The molecule has 0 spiro atoms. The van der Waals surface area contributed by atoms with E-state index in [1.54, 1.807) is 4.90 Å². The minimum atomic E-state index is -0.563. The molecule has 1 fully saturated rings. The third-order valence-corrected chi connectivity index (χ3v) is 4.18. The number of aromatic nitrogens is 1. The number of fused-ring (bicyclic) bond motifs is 1. The SMILES string of the molecule is Cc1cc(C)c2nc(N3CC(O)CC3=O)sc2c1. The average molecular weight is 262 g/mol. The summed E-state index contributed by atoms with van der Waals surface area (Å²) in [6.07, 6.45) is -0.360. The fraction of sp³-hybridized carbons (Fsp3) is 0.385. The van der Waals surface area contributed by atoms with Gasteiger partial charge in [-0.1, -0.05) is 17.4 Å². The van der Waals surface area contributed by atoms with Crippen LogP contribution in [0.15, 0.2) is 12.1 Å². The molecule has 94 valence electrons. The number of hydrogen-bond acceptors (Lipinski definition) is 4. The maximum absolute atomic E-state index is 11.7. The van der Waals surface area contributed by atoms with E-state index in [0.29, 0.717) is 11.7 Å². The summed E-state index contributed by atoms with van der Waals surface area (Å²) in [4.78, 5) is 17.9. The molecule has 1 N–H and O–H groups in total. The van der Waals surface area contributed by atoms with E-state index in [9.17, 15) is 9.90 Å². The number of thiazole rings is 1. The topological polar surface area (TPSA) is 53.4 Å². The van der Waals surface area contributed by atoms with Crippen molar-refractivity contribution < 1.29 is 9.90 Å². The van der Waals surface area contributed by atoms with Crippen molar-refractivity contribution in [1.29, 1.82) is 0 Å². The van der Waals surface area contributed by atoms with E-state index in [1.807, 2.05) is 6.92 Å². The molecule has 1 amide bonds. The molecule has 2 heterocycles. The third-order valence-electron chi connectivity index (χ3n) is 3.15. The molecule has 0 bridgehead atoms. The van der Waals surface area contributed by atoms with Crippen LogP contribution in [0.25, 0.3) is 10.2 Å². The first-order valence-electron chi connectivity index (χ1n) is 5.91. The number of carbonyl (C=O) groups is 1. The van der Waals surface area contributed by atoms with Crippen molar-refractivity contribution in [1.82, 2.24) is 4.98 Å². The Morgan fingerprint density at radius 2 is 2.22 bits per heavy atom. The molecule has 2 aromatic rings. The van der Waals surface area contributed by atoms with Crippen LogP contribution in [0.5, 0.6) is 0 Å². The van der Waals surface area contributed by atoms with Gasteiger partial charge in [-0.25, -0.2) is 4.98 Å². The van der Waals surface area contributed by atoms with Crippen LogP contribution >= 0.6 is 11.3 Å². The monoisotopic (exact) mass is 262 g/mol. The molecule has 1 atom stereocenters. The largest absolute Gasteiger partial charge is 0.391 e. The van der Waals surface area contributed by atoms with Gasteiger partial charge in [-0.05, 0) is 31.0 Å². The number of aryl methyl sites for hydroxylation is 2. The Morgan fingerprint density at radius 1 is 1.44 bits per heavy atom. The van der Waals surface area contributed by atoms with Gasteiger partial charge in [-0.2, -0.15) is 0 Å². The van der Waals surface area contributed by atoms with Crippen molar-refractivity contribution in [3.8, 4) is 0 Å². The molecule has 0 saturated carbocycles. The molecule has 18 heavy (non-hydrogen) atoms. The van der Waals surface area contributed by atoms with Crippen LogP contribution in [-0.2, 0) is 4.79 Å². The average Bonchev–Trinajstić information content (AvgIpc) is 2.81. The normalized spacial score (nSPS) is 20.1. The molecule has 0 radical (unpaired) electrons. The van der Waals surface area contributed by atoms with Gasteiger partial charge in [0.2, 0.25) is 5.91 Å². The molecule has 3 rings (SSSR count). The van der Waals surface area contributed by atoms with Crippen molar-refractivity contribution in [2.45, 2.75) is 26.4 Å². The highest BCUT2D eigenvalue weighted by atomic mass is 32.1. The van der Waals surface area contributed by atoms with E-state index in [2.05, 4.69) is 24.0 Å².